The molecular formula is C13H16N2O3. The highest BCUT2D eigenvalue weighted by Gasteiger charge is 2.46. The summed E-state index contributed by atoms with van der Waals surface area (Å²) in [6.45, 7) is 3.77. The maximum absolute atomic E-state index is 11.9. The van der Waals surface area contributed by atoms with Crippen LogP contribution in [0.4, 0.5) is 0 Å². The number of aromatic nitrogens is 1. The molecule has 2 atom stereocenters. The molecule has 96 valence electrons. The second-order valence-corrected chi connectivity index (χ2v) is 4.74. The Morgan fingerprint density at radius 1 is 1.50 bits per heavy atom. The summed E-state index contributed by atoms with van der Waals surface area (Å²) in [7, 11) is 0. The third-order valence-electron chi connectivity index (χ3n) is 3.23. The van der Waals surface area contributed by atoms with Crippen LogP contribution in [-0.4, -0.2) is 32.9 Å². The van der Waals surface area contributed by atoms with Gasteiger partial charge in [0.2, 0.25) is 5.91 Å². The lowest BCUT2D eigenvalue weighted by molar-refractivity contribution is -0.142. The molecule has 1 saturated heterocycles. The third-order valence-corrected chi connectivity index (χ3v) is 3.23. The average molecular weight is 248 g/mol. The second kappa shape index (κ2) is 4.76. The Labute approximate surface area is 105 Å². The van der Waals surface area contributed by atoms with Gasteiger partial charge < -0.3 is 10.0 Å². The Hall–Kier alpha value is -1.91. The molecule has 2 heterocycles. The quantitative estimate of drug-likeness (QED) is 0.879. The zero-order chi connectivity index (χ0) is 13.3. The summed E-state index contributed by atoms with van der Waals surface area (Å²) in [4.78, 5) is 29.1. The normalized spacial score (nSPS) is 23.7. The molecule has 5 heteroatoms. The first kappa shape index (κ1) is 12.5. The molecule has 0 radical (unpaired) electrons. The van der Waals surface area contributed by atoms with Crippen molar-refractivity contribution in [1.82, 2.24) is 9.88 Å². The smallest absolute Gasteiger partial charge is 0.309 e. The molecule has 1 aromatic rings. The van der Waals surface area contributed by atoms with Crippen LogP contribution in [0.1, 0.15) is 32.0 Å². The van der Waals surface area contributed by atoms with Crippen molar-refractivity contribution in [2.75, 3.05) is 0 Å². The Kier molecular flexibility index (Phi) is 3.32. The van der Waals surface area contributed by atoms with Crippen molar-refractivity contribution in [3.8, 4) is 0 Å². The zero-order valence-corrected chi connectivity index (χ0v) is 10.4. The number of hydrogen-bond acceptors (Lipinski definition) is 3. The van der Waals surface area contributed by atoms with Gasteiger partial charge in [-0.1, -0.05) is 6.07 Å². The van der Waals surface area contributed by atoms with Gasteiger partial charge in [0.05, 0.1) is 17.7 Å². The summed E-state index contributed by atoms with van der Waals surface area (Å²) in [5, 5.41) is 9.26. The molecule has 18 heavy (non-hydrogen) atoms. The van der Waals surface area contributed by atoms with Gasteiger partial charge in [-0.2, -0.15) is 0 Å². The number of aliphatic carboxylic acids is 1. The highest BCUT2D eigenvalue weighted by Crippen LogP contribution is 2.38. The Morgan fingerprint density at radius 3 is 2.72 bits per heavy atom. The Bertz CT molecular complexity index is 459. The minimum atomic E-state index is -0.942. The van der Waals surface area contributed by atoms with Gasteiger partial charge >= 0.3 is 5.97 Å². The van der Waals surface area contributed by atoms with Gasteiger partial charge in [0, 0.05) is 18.7 Å². The molecule has 2 rings (SSSR count). The van der Waals surface area contributed by atoms with Crippen molar-refractivity contribution in [2.24, 2.45) is 5.92 Å². The van der Waals surface area contributed by atoms with Crippen molar-refractivity contribution in [3.05, 3.63) is 30.1 Å². The second-order valence-electron chi connectivity index (χ2n) is 4.74. The minimum absolute atomic E-state index is 0.0335. The topological polar surface area (TPSA) is 70.5 Å². The van der Waals surface area contributed by atoms with Crippen LogP contribution >= 0.6 is 0 Å². The number of carboxylic acid groups (broad SMARTS) is 1. The molecule has 5 nitrogen and oxygen atoms in total. The van der Waals surface area contributed by atoms with E-state index in [0.717, 1.165) is 0 Å². The van der Waals surface area contributed by atoms with Gasteiger partial charge in [0.25, 0.3) is 0 Å². The summed E-state index contributed by atoms with van der Waals surface area (Å²) in [6.07, 6.45) is 1.67. The van der Waals surface area contributed by atoms with Crippen molar-refractivity contribution < 1.29 is 14.7 Å². The van der Waals surface area contributed by atoms with Crippen LogP contribution in [0, 0.1) is 5.92 Å². The summed E-state index contributed by atoms with van der Waals surface area (Å²) in [5.41, 5.74) is 0.643. The average Bonchev–Trinajstić information content (AvgIpc) is 2.68. The first-order chi connectivity index (χ1) is 8.52. The molecule has 0 bridgehead atoms. The number of likely N-dealkylation sites (tertiary alicyclic amines) is 1. The summed E-state index contributed by atoms with van der Waals surface area (Å²) < 4.78 is 0. The predicted molar refractivity (Wildman–Crippen MR) is 64.7 cm³/mol. The van der Waals surface area contributed by atoms with E-state index in [-0.39, 0.29) is 18.4 Å². The molecule has 1 aliphatic heterocycles. The number of nitrogens with zero attached hydrogens (tertiary/aromatic N) is 2. The standard InChI is InChI=1S/C13H16N2O3/c1-8(2)15-11(16)7-9(13(17)18)12(15)10-5-3-4-6-14-10/h3-6,8-9,12H,7H2,1-2H3,(H,17,18)/t9-,12-/m0/s1. The van der Waals surface area contributed by atoms with Crippen LogP contribution in [-0.2, 0) is 9.59 Å². The molecular weight excluding hydrogens is 232 g/mol. The molecule has 0 aliphatic carbocycles. The number of carboxylic acids is 1. The monoisotopic (exact) mass is 248 g/mol. The van der Waals surface area contributed by atoms with E-state index in [1.165, 1.54) is 0 Å². The first-order valence-corrected chi connectivity index (χ1v) is 5.97. The van der Waals surface area contributed by atoms with Gasteiger partial charge in [-0.15, -0.1) is 0 Å². The molecule has 0 unspecified atom stereocenters. The lowest BCUT2D eigenvalue weighted by Crippen LogP contribution is -2.36. The number of carbonyl (C=O) groups excluding carboxylic acids is 1. The molecule has 1 aromatic heterocycles. The van der Waals surface area contributed by atoms with Crippen LogP contribution < -0.4 is 0 Å². The van der Waals surface area contributed by atoms with E-state index in [1.807, 2.05) is 19.9 Å². The zero-order valence-electron chi connectivity index (χ0n) is 10.4. The third kappa shape index (κ3) is 2.08. The highest BCUT2D eigenvalue weighted by molar-refractivity contribution is 5.87. The van der Waals surface area contributed by atoms with Crippen molar-refractivity contribution in [1.29, 1.82) is 0 Å². The molecule has 0 aromatic carbocycles. The fourth-order valence-electron chi connectivity index (χ4n) is 2.49. The van der Waals surface area contributed by atoms with Crippen LogP contribution in [0.2, 0.25) is 0 Å². The summed E-state index contributed by atoms with van der Waals surface area (Å²) in [5.74, 6) is -1.77. The molecule has 1 fully saturated rings. The Morgan fingerprint density at radius 2 is 2.22 bits per heavy atom. The first-order valence-electron chi connectivity index (χ1n) is 5.97. The number of amides is 1. The van der Waals surface area contributed by atoms with Gasteiger partial charge in [-0.3, -0.25) is 14.6 Å². The molecule has 1 amide bonds. The lowest BCUT2D eigenvalue weighted by atomic mass is 9.97. The van der Waals surface area contributed by atoms with E-state index in [9.17, 15) is 14.7 Å². The SMILES string of the molecule is CC(C)N1C(=O)C[C@H](C(=O)O)[C@H]1c1ccccn1. The number of carbonyl (C=O) groups is 2. The van der Waals surface area contributed by atoms with E-state index in [4.69, 9.17) is 0 Å². The summed E-state index contributed by atoms with van der Waals surface area (Å²) in [6, 6.07) is 4.86. The van der Waals surface area contributed by atoms with Crippen molar-refractivity contribution in [2.45, 2.75) is 32.4 Å². The predicted octanol–water partition coefficient (Wildman–Crippen LogP) is 1.46. The van der Waals surface area contributed by atoms with E-state index >= 15 is 0 Å². The van der Waals surface area contributed by atoms with Crippen molar-refractivity contribution >= 4 is 11.9 Å². The van der Waals surface area contributed by atoms with Crippen LogP contribution in [0.3, 0.4) is 0 Å². The largest absolute Gasteiger partial charge is 0.481 e. The van der Waals surface area contributed by atoms with Crippen LogP contribution in [0.5, 0.6) is 0 Å². The van der Waals surface area contributed by atoms with Crippen LogP contribution in [0.25, 0.3) is 0 Å². The van der Waals surface area contributed by atoms with Gasteiger partial charge in [0.15, 0.2) is 0 Å². The molecule has 1 aliphatic rings. The highest BCUT2D eigenvalue weighted by atomic mass is 16.4. The number of hydrogen-bond donors (Lipinski definition) is 1. The maximum atomic E-state index is 11.9. The van der Waals surface area contributed by atoms with Gasteiger partial charge in [-0.25, -0.2) is 0 Å². The summed E-state index contributed by atoms with van der Waals surface area (Å²) >= 11 is 0. The van der Waals surface area contributed by atoms with Crippen molar-refractivity contribution in [3.63, 3.8) is 0 Å². The number of pyridine rings is 1. The molecule has 1 N–H and O–H groups in total. The van der Waals surface area contributed by atoms with E-state index < -0.39 is 17.9 Å². The fourth-order valence-corrected chi connectivity index (χ4v) is 2.49. The van der Waals surface area contributed by atoms with Crippen LogP contribution in [0.15, 0.2) is 24.4 Å². The van der Waals surface area contributed by atoms with E-state index in [0.29, 0.717) is 5.69 Å². The minimum Gasteiger partial charge on any atom is -0.481 e. The van der Waals surface area contributed by atoms with E-state index in [2.05, 4.69) is 4.98 Å². The molecule has 0 spiro atoms. The maximum Gasteiger partial charge on any atom is 0.309 e. The van der Waals surface area contributed by atoms with Gasteiger partial charge in [-0.05, 0) is 26.0 Å². The fraction of sp³-hybridized carbons (Fsp3) is 0.462. The van der Waals surface area contributed by atoms with E-state index in [1.54, 1.807) is 23.2 Å². The Balaban J connectivity index is 2.43. The van der Waals surface area contributed by atoms with Gasteiger partial charge in [0.1, 0.15) is 0 Å². The molecule has 0 saturated carbocycles. The number of rotatable bonds is 3. The lowest BCUT2D eigenvalue weighted by Gasteiger charge is -2.29.